The lowest BCUT2D eigenvalue weighted by molar-refractivity contribution is -0.172. The second-order valence-corrected chi connectivity index (χ2v) is 19.2. The number of hydrogen-bond acceptors (Lipinski definition) is 14. The summed E-state index contributed by atoms with van der Waals surface area (Å²) in [5, 5.41) is 27.4. The third kappa shape index (κ3) is 11.1. The number of nitrogens with one attached hydrogen (secondary N) is 6. The summed E-state index contributed by atoms with van der Waals surface area (Å²) in [7, 11) is 0. The lowest BCUT2D eigenvalue weighted by atomic mass is 9.81. The highest BCUT2D eigenvalue weighted by atomic mass is 19.1. The highest BCUT2D eigenvalue weighted by molar-refractivity contribution is 6.14. The monoisotopic (exact) mass is 1070 g/mol. The number of rotatable bonds is 20. The van der Waals surface area contributed by atoms with Gasteiger partial charge in [-0.3, -0.25) is 48.1 Å². The van der Waals surface area contributed by atoms with E-state index in [1.807, 2.05) is 6.07 Å². The van der Waals surface area contributed by atoms with Crippen LogP contribution in [-0.4, -0.2) is 118 Å². The molecular formula is C55H54FN9O13. The first-order valence-corrected chi connectivity index (χ1v) is 25.2. The number of fused-ring (bicyclic) bond motifs is 5. The molecule has 1 aliphatic carbocycles. The number of carbonyl (C=O) groups excluding carboxylic acids is 9. The molecule has 0 bridgehead atoms. The van der Waals surface area contributed by atoms with Gasteiger partial charge in [-0.1, -0.05) is 67.6 Å². The first-order valence-electron chi connectivity index (χ1n) is 25.2. The van der Waals surface area contributed by atoms with Crippen molar-refractivity contribution in [2.45, 2.75) is 82.9 Å². The van der Waals surface area contributed by atoms with Crippen LogP contribution in [0.5, 0.6) is 0 Å². The number of amides is 8. The van der Waals surface area contributed by atoms with Gasteiger partial charge >= 0.3 is 5.97 Å². The second kappa shape index (κ2) is 22.7. The van der Waals surface area contributed by atoms with Gasteiger partial charge in [-0.05, 0) is 60.1 Å². The summed E-state index contributed by atoms with van der Waals surface area (Å²) >= 11 is 0. The number of imide groups is 1. The van der Waals surface area contributed by atoms with Crippen molar-refractivity contribution in [1.82, 2.24) is 46.4 Å². The van der Waals surface area contributed by atoms with Crippen LogP contribution in [0.1, 0.15) is 70.3 Å². The van der Waals surface area contributed by atoms with Crippen LogP contribution in [-0.2, 0) is 90.6 Å². The summed E-state index contributed by atoms with van der Waals surface area (Å²) in [5.41, 5.74) is 2.39. The summed E-state index contributed by atoms with van der Waals surface area (Å²) < 4.78 is 28.4. The van der Waals surface area contributed by atoms with Crippen molar-refractivity contribution in [2.75, 3.05) is 32.9 Å². The molecule has 0 unspecified atom stereocenters. The average Bonchev–Trinajstić information content (AvgIpc) is 4.17. The van der Waals surface area contributed by atoms with Crippen LogP contribution in [0.3, 0.4) is 0 Å². The summed E-state index contributed by atoms with van der Waals surface area (Å²) in [6.45, 7) is 0.147. The summed E-state index contributed by atoms with van der Waals surface area (Å²) in [5.74, 6) is -7.04. The topological polar surface area (TPSA) is 303 Å². The van der Waals surface area contributed by atoms with Crippen molar-refractivity contribution >= 4 is 64.1 Å². The van der Waals surface area contributed by atoms with Crippen molar-refractivity contribution in [3.05, 3.63) is 146 Å². The van der Waals surface area contributed by atoms with Gasteiger partial charge in [-0.25, -0.2) is 14.2 Å². The maximum atomic E-state index is 15.6. The molecule has 2 aromatic heterocycles. The minimum atomic E-state index is -2.08. The highest BCUT2D eigenvalue weighted by Crippen LogP contribution is 2.46. The van der Waals surface area contributed by atoms with E-state index >= 15 is 4.39 Å². The number of aromatic nitrogens is 2. The maximum absolute atomic E-state index is 15.6. The normalized spacial score (nSPS) is 17.5. The van der Waals surface area contributed by atoms with Crippen molar-refractivity contribution in [3.63, 3.8) is 0 Å². The molecule has 0 fully saturated rings. The Morgan fingerprint density at radius 3 is 2.14 bits per heavy atom. The number of nitrogens with zero attached hydrogens (tertiary/aromatic N) is 3. The molecule has 0 spiro atoms. The number of hydrogen-bond donors (Lipinski definition) is 7. The zero-order valence-electron chi connectivity index (χ0n) is 42.4. The van der Waals surface area contributed by atoms with Crippen LogP contribution in [0.15, 0.2) is 89.7 Å². The number of esters is 1. The van der Waals surface area contributed by atoms with Gasteiger partial charge in [0, 0.05) is 47.6 Å². The smallest absolute Gasteiger partial charge is 0.343 e. The standard InChI is InChI=1S/C55H54FN9O13/c1-3-55(76)35-20-40-50-33(25-64(40)53(74)34(35)27-77-54(55)75)49-37(15-14-32-29(2)36(56)21-38(62-50)48(32)49)63-52(73)41(19-31-12-8-5-9-13-31)78-28-60-43(67)23-59-51(72)39(18-30-10-6-4-7-11-30)61-44(68)24-57-42(66)22-58-45(69)26-65-46(70)16-17-47(65)71/h4-13,16-17,20-21,37,39,41,76H,3,14-15,18-19,22-28H2,1-2H3,(H,57,66)(H,58,69)(H,59,72)(H,60,67)(H,61,68)(H,63,73)/t37-,39-,41-,55-/m0/s1. The summed E-state index contributed by atoms with van der Waals surface area (Å²) in [6, 6.07) is 18.7. The van der Waals surface area contributed by atoms with Crippen molar-refractivity contribution < 1.29 is 62.1 Å². The number of ether oxygens (including phenoxy) is 2. The summed E-state index contributed by atoms with van der Waals surface area (Å²) in [4.78, 5) is 135. The van der Waals surface area contributed by atoms with Gasteiger partial charge < -0.3 is 51.0 Å². The molecule has 5 heterocycles. The largest absolute Gasteiger partial charge is 0.458 e. The van der Waals surface area contributed by atoms with Gasteiger partial charge in [0.1, 0.15) is 37.8 Å². The molecule has 5 aromatic rings. The average molecular weight is 1070 g/mol. The van der Waals surface area contributed by atoms with Gasteiger partial charge in [0.15, 0.2) is 5.60 Å². The second-order valence-electron chi connectivity index (χ2n) is 19.2. The molecule has 3 aliphatic heterocycles. The molecule has 4 atom stereocenters. The Kier molecular flexibility index (Phi) is 15.7. The fraction of sp³-hybridized carbons (Fsp3) is 0.327. The predicted molar refractivity (Wildman–Crippen MR) is 273 cm³/mol. The third-order valence-corrected chi connectivity index (χ3v) is 14.3. The number of pyridine rings is 2. The molecule has 7 N–H and O–H groups in total. The lowest BCUT2D eigenvalue weighted by Crippen LogP contribution is -2.52. The molecule has 9 rings (SSSR count). The Morgan fingerprint density at radius 2 is 1.45 bits per heavy atom. The molecule has 0 saturated heterocycles. The first kappa shape index (κ1) is 53.9. The predicted octanol–water partition coefficient (Wildman–Crippen LogP) is 0.333. The number of aryl methyl sites for hydroxylation is 1. The van der Waals surface area contributed by atoms with Gasteiger partial charge in [-0.2, -0.15) is 0 Å². The fourth-order valence-corrected chi connectivity index (χ4v) is 10.1. The Bertz CT molecular complexity index is 3390. The van der Waals surface area contributed by atoms with E-state index in [-0.39, 0.29) is 43.5 Å². The number of benzene rings is 3. The molecule has 3 aromatic carbocycles. The lowest BCUT2D eigenvalue weighted by Gasteiger charge is -2.31. The van der Waals surface area contributed by atoms with Gasteiger partial charge in [-0.15, -0.1) is 0 Å². The van der Waals surface area contributed by atoms with Crippen LogP contribution >= 0.6 is 0 Å². The van der Waals surface area contributed by atoms with Gasteiger partial charge in [0.25, 0.3) is 17.4 Å². The molecule has 22 nitrogen and oxygen atoms in total. The quantitative estimate of drug-likeness (QED) is 0.0308. The molecular weight excluding hydrogens is 1010 g/mol. The van der Waals surface area contributed by atoms with E-state index in [0.29, 0.717) is 67.8 Å². The van der Waals surface area contributed by atoms with E-state index in [2.05, 4.69) is 31.9 Å². The van der Waals surface area contributed by atoms with E-state index in [0.717, 1.165) is 17.7 Å². The van der Waals surface area contributed by atoms with E-state index in [1.54, 1.807) is 74.5 Å². The Labute approximate surface area is 444 Å². The van der Waals surface area contributed by atoms with E-state index in [4.69, 9.17) is 14.5 Å². The van der Waals surface area contributed by atoms with Crippen LogP contribution in [0, 0.1) is 12.7 Å². The van der Waals surface area contributed by atoms with Crippen LogP contribution in [0.2, 0.25) is 0 Å². The zero-order chi connectivity index (χ0) is 55.4. The molecule has 23 heteroatoms. The first-order chi connectivity index (χ1) is 37.4. The Hall–Kier alpha value is -8.96. The number of aliphatic hydroxyl groups is 1. The SMILES string of the molecule is CC[C@@]1(O)C(=O)OCc2c1cc1n(c2=O)Cc2c-1nc1cc(F)c(C)c3c1c2[C@@H](NC(=O)[C@H](Cc1ccccc1)OCNC(=O)CNC(=O)[C@H](Cc1ccccc1)NC(=O)CNC(=O)CNC(=O)CN1C(=O)C=CC1=O)CC3. The highest BCUT2D eigenvalue weighted by Gasteiger charge is 2.46. The van der Waals surface area contributed by atoms with Gasteiger partial charge in [0.05, 0.1) is 54.7 Å². The van der Waals surface area contributed by atoms with Crippen LogP contribution < -0.4 is 37.5 Å². The number of halogens is 1. The third-order valence-electron chi connectivity index (χ3n) is 14.3. The van der Waals surface area contributed by atoms with E-state index in [1.165, 1.54) is 10.6 Å². The minimum absolute atomic E-state index is 0.00265. The minimum Gasteiger partial charge on any atom is -0.458 e. The Balaban J connectivity index is 0.854. The number of cyclic esters (lactones) is 1. The van der Waals surface area contributed by atoms with E-state index in [9.17, 15) is 53.1 Å². The molecule has 0 saturated carbocycles. The maximum Gasteiger partial charge on any atom is 0.343 e. The number of carbonyl (C=O) groups is 9. The van der Waals surface area contributed by atoms with Crippen LogP contribution in [0.4, 0.5) is 4.39 Å². The van der Waals surface area contributed by atoms with Crippen molar-refractivity contribution in [3.8, 4) is 11.4 Å². The molecule has 404 valence electrons. The summed E-state index contributed by atoms with van der Waals surface area (Å²) in [6.07, 6.45) is 1.54. The van der Waals surface area contributed by atoms with E-state index < -0.39 is 121 Å². The fourth-order valence-electron chi connectivity index (χ4n) is 10.1. The molecule has 0 radical (unpaired) electrons. The molecule has 4 aliphatic rings. The molecule has 8 amide bonds. The molecule has 78 heavy (non-hydrogen) atoms. The van der Waals surface area contributed by atoms with Crippen molar-refractivity contribution in [2.24, 2.45) is 0 Å². The van der Waals surface area contributed by atoms with Gasteiger partial charge in [0.2, 0.25) is 35.4 Å². The zero-order valence-corrected chi connectivity index (χ0v) is 42.4. The Morgan fingerprint density at radius 1 is 0.808 bits per heavy atom. The van der Waals surface area contributed by atoms with Crippen molar-refractivity contribution in [1.29, 1.82) is 0 Å². The van der Waals surface area contributed by atoms with Crippen LogP contribution in [0.25, 0.3) is 22.3 Å².